The Kier molecular flexibility index (Phi) is 4.22. The van der Waals surface area contributed by atoms with Crippen LogP contribution in [0.15, 0.2) is 35.3 Å². The normalized spacial score (nSPS) is 10.5. The monoisotopic (exact) mass is 278 g/mol. The molecule has 1 aromatic heterocycles. The predicted octanol–water partition coefficient (Wildman–Crippen LogP) is 2.52. The van der Waals surface area contributed by atoms with Crippen LogP contribution in [0.25, 0.3) is 0 Å². The van der Waals surface area contributed by atoms with Crippen molar-refractivity contribution in [1.82, 2.24) is 9.55 Å². The van der Waals surface area contributed by atoms with Crippen molar-refractivity contribution in [2.75, 3.05) is 7.11 Å². The van der Waals surface area contributed by atoms with E-state index >= 15 is 0 Å². The van der Waals surface area contributed by atoms with E-state index in [1.54, 1.807) is 11.7 Å². The SMILES string of the molecule is CCc1c(Cl)ncc(=O)n1Cc1ccc(OC)cc1. The minimum Gasteiger partial charge on any atom is -0.497 e. The highest BCUT2D eigenvalue weighted by Crippen LogP contribution is 2.15. The molecule has 4 nitrogen and oxygen atoms in total. The Morgan fingerprint density at radius 1 is 1.32 bits per heavy atom. The first-order chi connectivity index (χ1) is 9.15. The molecule has 0 fully saturated rings. The van der Waals surface area contributed by atoms with E-state index in [2.05, 4.69) is 4.98 Å². The molecule has 1 heterocycles. The molecule has 0 aliphatic heterocycles. The molecule has 0 atom stereocenters. The van der Waals surface area contributed by atoms with Gasteiger partial charge in [0.2, 0.25) is 0 Å². The maximum Gasteiger partial charge on any atom is 0.269 e. The van der Waals surface area contributed by atoms with E-state index in [1.807, 2.05) is 31.2 Å². The largest absolute Gasteiger partial charge is 0.497 e. The molecule has 0 aliphatic carbocycles. The maximum atomic E-state index is 11.9. The lowest BCUT2D eigenvalue weighted by Gasteiger charge is -2.12. The molecule has 0 amide bonds. The third kappa shape index (κ3) is 2.96. The van der Waals surface area contributed by atoms with Crippen LogP contribution in [-0.4, -0.2) is 16.7 Å². The summed E-state index contributed by atoms with van der Waals surface area (Å²) in [4.78, 5) is 15.8. The third-order valence-electron chi connectivity index (χ3n) is 2.95. The van der Waals surface area contributed by atoms with Gasteiger partial charge in [0.1, 0.15) is 10.9 Å². The molecule has 19 heavy (non-hydrogen) atoms. The van der Waals surface area contributed by atoms with Crippen LogP contribution in [0, 0.1) is 0 Å². The van der Waals surface area contributed by atoms with Gasteiger partial charge in [-0.2, -0.15) is 0 Å². The van der Waals surface area contributed by atoms with Gasteiger partial charge in [-0.05, 0) is 24.1 Å². The summed E-state index contributed by atoms with van der Waals surface area (Å²) < 4.78 is 6.76. The van der Waals surface area contributed by atoms with Gasteiger partial charge in [0, 0.05) is 0 Å². The Balaban J connectivity index is 2.37. The van der Waals surface area contributed by atoms with Crippen molar-refractivity contribution in [2.24, 2.45) is 0 Å². The highest BCUT2D eigenvalue weighted by molar-refractivity contribution is 6.30. The summed E-state index contributed by atoms with van der Waals surface area (Å²) in [6.07, 6.45) is 1.92. The maximum absolute atomic E-state index is 11.9. The number of methoxy groups -OCH3 is 1. The van der Waals surface area contributed by atoms with Crippen LogP contribution in [0.1, 0.15) is 18.2 Å². The fourth-order valence-corrected chi connectivity index (χ4v) is 2.21. The molecule has 0 saturated heterocycles. The summed E-state index contributed by atoms with van der Waals surface area (Å²) in [5.74, 6) is 0.791. The van der Waals surface area contributed by atoms with Gasteiger partial charge in [0.05, 0.1) is 25.5 Å². The lowest BCUT2D eigenvalue weighted by atomic mass is 10.2. The van der Waals surface area contributed by atoms with E-state index in [9.17, 15) is 4.79 Å². The summed E-state index contributed by atoms with van der Waals surface area (Å²) >= 11 is 6.02. The van der Waals surface area contributed by atoms with Crippen LogP contribution in [0.4, 0.5) is 0 Å². The number of rotatable bonds is 4. The summed E-state index contributed by atoms with van der Waals surface area (Å²) in [6, 6.07) is 7.60. The van der Waals surface area contributed by atoms with Gasteiger partial charge in [0.15, 0.2) is 0 Å². The third-order valence-corrected chi connectivity index (χ3v) is 3.27. The fourth-order valence-electron chi connectivity index (χ4n) is 1.92. The van der Waals surface area contributed by atoms with Crippen LogP contribution < -0.4 is 10.3 Å². The highest BCUT2D eigenvalue weighted by atomic mass is 35.5. The molecule has 0 spiro atoms. The highest BCUT2D eigenvalue weighted by Gasteiger charge is 2.08. The predicted molar refractivity (Wildman–Crippen MR) is 75.0 cm³/mol. The van der Waals surface area contributed by atoms with Crippen LogP contribution in [-0.2, 0) is 13.0 Å². The number of benzene rings is 1. The van der Waals surface area contributed by atoms with Crippen molar-refractivity contribution >= 4 is 11.6 Å². The van der Waals surface area contributed by atoms with Crippen LogP contribution in [0.5, 0.6) is 5.75 Å². The molecule has 0 unspecified atom stereocenters. The lowest BCUT2D eigenvalue weighted by Crippen LogP contribution is -2.24. The smallest absolute Gasteiger partial charge is 0.269 e. The van der Waals surface area contributed by atoms with Gasteiger partial charge in [-0.25, -0.2) is 4.98 Å². The zero-order valence-electron chi connectivity index (χ0n) is 10.9. The molecular weight excluding hydrogens is 264 g/mol. The van der Waals surface area contributed by atoms with E-state index in [-0.39, 0.29) is 5.56 Å². The zero-order valence-corrected chi connectivity index (χ0v) is 11.6. The zero-order chi connectivity index (χ0) is 13.8. The molecule has 100 valence electrons. The average molecular weight is 279 g/mol. The number of hydrogen-bond donors (Lipinski definition) is 0. The Morgan fingerprint density at radius 3 is 2.58 bits per heavy atom. The van der Waals surface area contributed by atoms with E-state index in [4.69, 9.17) is 16.3 Å². The number of halogens is 1. The van der Waals surface area contributed by atoms with Crippen molar-refractivity contribution in [3.8, 4) is 5.75 Å². The molecular formula is C14H15ClN2O2. The molecule has 0 bridgehead atoms. The second-order valence-electron chi connectivity index (χ2n) is 4.12. The summed E-state index contributed by atoms with van der Waals surface area (Å²) in [5.41, 5.74) is 1.63. The molecule has 2 rings (SSSR count). The molecule has 0 N–H and O–H groups in total. The lowest BCUT2D eigenvalue weighted by molar-refractivity contribution is 0.414. The number of aromatic nitrogens is 2. The van der Waals surface area contributed by atoms with Crippen molar-refractivity contribution < 1.29 is 4.74 Å². The first-order valence-corrected chi connectivity index (χ1v) is 6.40. The Hall–Kier alpha value is -1.81. The molecule has 0 saturated carbocycles. The van der Waals surface area contributed by atoms with Crippen molar-refractivity contribution in [3.05, 3.63) is 57.2 Å². The van der Waals surface area contributed by atoms with Gasteiger partial charge >= 0.3 is 0 Å². The van der Waals surface area contributed by atoms with E-state index in [1.165, 1.54) is 6.20 Å². The second-order valence-corrected chi connectivity index (χ2v) is 4.48. The van der Waals surface area contributed by atoms with E-state index < -0.39 is 0 Å². The van der Waals surface area contributed by atoms with E-state index in [0.717, 1.165) is 17.0 Å². The molecule has 2 aromatic rings. The Bertz CT molecular complexity index is 620. The van der Waals surface area contributed by atoms with Crippen molar-refractivity contribution in [3.63, 3.8) is 0 Å². The standard InChI is InChI=1S/C14H15ClN2O2/c1-3-12-14(15)16-8-13(18)17(12)9-10-4-6-11(19-2)7-5-10/h4-8H,3,9H2,1-2H3. The minimum absolute atomic E-state index is 0.142. The van der Waals surface area contributed by atoms with Gasteiger partial charge < -0.3 is 9.30 Å². The van der Waals surface area contributed by atoms with Crippen LogP contribution in [0.2, 0.25) is 5.15 Å². The van der Waals surface area contributed by atoms with Crippen LogP contribution >= 0.6 is 11.6 Å². The van der Waals surface area contributed by atoms with Crippen LogP contribution in [0.3, 0.4) is 0 Å². The molecule has 0 aliphatic rings. The molecule has 0 radical (unpaired) electrons. The van der Waals surface area contributed by atoms with Crippen molar-refractivity contribution in [2.45, 2.75) is 19.9 Å². The number of hydrogen-bond acceptors (Lipinski definition) is 3. The van der Waals surface area contributed by atoms with E-state index in [0.29, 0.717) is 18.1 Å². The number of nitrogens with zero attached hydrogens (tertiary/aromatic N) is 2. The van der Waals surface area contributed by atoms with Gasteiger partial charge in [-0.1, -0.05) is 30.7 Å². The first kappa shape index (κ1) is 13.6. The first-order valence-electron chi connectivity index (χ1n) is 6.02. The second kappa shape index (κ2) is 5.89. The number of ether oxygens (including phenoxy) is 1. The van der Waals surface area contributed by atoms with Crippen molar-refractivity contribution in [1.29, 1.82) is 0 Å². The average Bonchev–Trinajstić information content (AvgIpc) is 2.44. The fraction of sp³-hybridized carbons (Fsp3) is 0.286. The Labute approximate surface area is 116 Å². The molecule has 5 heteroatoms. The molecule has 1 aromatic carbocycles. The quantitative estimate of drug-likeness (QED) is 0.863. The topological polar surface area (TPSA) is 44.1 Å². The Morgan fingerprint density at radius 2 is 2.00 bits per heavy atom. The summed E-state index contributed by atoms with van der Waals surface area (Å²) in [6.45, 7) is 2.43. The summed E-state index contributed by atoms with van der Waals surface area (Å²) in [5, 5.41) is 0.385. The minimum atomic E-state index is -0.142. The van der Waals surface area contributed by atoms with Gasteiger partial charge in [-0.3, -0.25) is 4.79 Å². The van der Waals surface area contributed by atoms with Gasteiger partial charge in [-0.15, -0.1) is 0 Å². The van der Waals surface area contributed by atoms with Gasteiger partial charge in [0.25, 0.3) is 5.56 Å². The summed E-state index contributed by atoms with van der Waals surface area (Å²) in [7, 11) is 1.62.